The van der Waals surface area contributed by atoms with Crippen LogP contribution < -0.4 is 4.74 Å². The van der Waals surface area contributed by atoms with Crippen molar-refractivity contribution in [3.63, 3.8) is 0 Å². The van der Waals surface area contributed by atoms with Crippen LogP contribution in [0.25, 0.3) is 11.0 Å². The van der Waals surface area contributed by atoms with E-state index in [0.717, 1.165) is 22.3 Å². The summed E-state index contributed by atoms with van der Waals surface area (Å²) in [7, 11) is 0. The minimum atomic E-state index is 0.576. The van der Waals surface area contributed by atoms with Crippen LogP contribution in [0, 0.1) is 0 Å². The lowest BCUT2D eigenvalue weighted by molar-refractivity contribution is 0.306. The number of hydrogen-bond acceptors (Lipinski definition) is 4. The predicted molar refractivity (Wildman–Crippen MR) is 84.8 cm³/mol. The Morgan fingerprint density at radius 3 is 2.71 bits per heavy atom. The summed E-state index contributed by atoms with van der Waals surface area (Å²) in [6.45, 7) is 0.576. The van der Waals surface area contributed by atoms with Gasteiger partial charge in [0.1, 0.15) is 23.4 Å². The standard InChI is InChI=1S/C17H16N2OS/c1-2-4-14-10-15(7-6-13(14)3-1)20-11-12-5-8-16-17(9-12)19-21-18-16/h5-10H,1-4,11H2. The third kappa shape index (κ3) is 2.63. The molecule has 1 heterocycles. The Kier molecular flexibility index (Phi) is 3.31. The minimum absolute atomic E-state index is 0.576. The van der Waals surface area contributed by atoms with Crippen LogP contribution in [0.5, 0.6) is 5.75 Å². The molecule has 0 atom stereocenters. The molecule has 0 N–H and O–H groups in total. The quantitative estimate of drug-likeness (QED) is 0.728. The van der Waals surface area contributed by atoms with Crippen LogP contribution in [-0.4, -0.2) is 8.75 Å². The van der Waals surface area contributed by atoms with Crippen molar-refractivity contribution in [2.45, 2.75) is 32.3 Å². The van der Waals surface area contributed by atoms with E-state index in [1.54, 1.807) is 0 Å². The first-order chi connectivity index (χ1) is 10.4. The highest BCUT2D eigenvalue weighted by atomic mass is 32.1. The highest BCUT2D eigenvalue weighted by molar-refractivity contribution is 7.00. The molecule has 0 saturated heterocycles. The Balaban J connectivity index is 1.50. The predicted octanol–water partition coefficient (Wildman–Crippen LogP) is 4.15. The van der Waals surface area contributed by atoms with Crippen LogP contribution >= 0.6 is 11.7 Å². The fourth-order valence-electron chi connectivity index (χ4n) is 2.88. The lowest BCUT2D eigenvalue weighted by atomic mass is 9.92. The fourth-order valence-corrected chi connectivity index (χ4v) is 3.40. The van der Waals surface area contributed by atoms with Crippen molar-refractivity contribution in [2.75, 3.05) is 0 Å². The van der Waals surface area contributed by atoms with Crippen LogP contribution in [0.15, 0.2) is 36.4 Å². The van der Waals surface area contributed by atoms with Gasteiger partial charge in [-0.1, -0.05) is 12.1 Å². The van der Waals surface area contributed by atoms with Crippen LogP contribution in [0.1, 0.15) is 29.5 Å². The number of aromatic nitrogens is 2. The Bertz CT molecular complexity index is 781. The lowest BCUT2D eigenvalue weighted by Gasteiger charge is -2.16. The van der Waals surface area contributed by atoms with Gasteiger partial charge in [-0.3, -0.25) is 0 Å². The third-order valence-corrected chi connectivity index (χ3v) is 4.60. The van der Waals surface area contributed by atoms with Gasteiger partial charge in [-0.2, -0.15) is 8.75 Å². The van der Waals surface area contributed by atoms with Gasteiger partial charge >= 0.3 is 0 Å². The third-order valence-electron chi connectivity index (χ3n) is 4.04. The molecule has 3 nitrogen and oxygen atoms in total. The Morgan fingerprint density at radius 2 is 1.76 bits per heavy atom. The maximum Gasteiger partial charge on any atom is 0.120 e. The van der Waals surface area contributed by atoms with Crippen LogP contribution in [0.2, 0.25) is 0 Å². The van der Waals surface area contributed by atoms with Gasteiger partial charge in [0.15, 0.2) is 0 Å². The first kappa shape index (κ1) is 12.8. The fraction of sp³-hybridized carbons (Fsp3) is 0.294. The molecule has 1 aliphatic rings. The molecule has 1 aliphatic carbocycles. The molecule has 0 radical (unpaired) electrons. The summed E-state index contributed by atoms with van der Waals surface area (Å²) in [5, 5.41) is 0. The van der Waals surface area contributed by atoms with E-state index in [9.17, 15) is 0 Å². The summed E-state index contributed by atoms with van der Waals surface area (Å²) in [6.07, 6.45) is 5.00. The summed E-state index contributed by atoms with van der Waals surface area (Å²) in [6, 6.07) is 12.6. The largest absolute Gasteiger partial charge is 0.489 e. The molecule has 0 unspecified atom stereocenters. The number of ether oxygens (including phenoxy) is 1. The topological polar surface area (TPSA) is 35.0 Å². The molecule has 0 amide bonds. The summed E-state index contributed by atoms with van der Waals surface area (Å²) in [5.41, 5.74) is 5.98. The molecule has 0 fully saturated rings. The van der Waals surface area contributed by atoms with Gasteiger partial charge in [0.05, 0.1) is 11.7 Å². The normalized spacial score (nSPS) is 14.1. The van der Waals surface area contributed by atoms with Crippen molar-refractivity contribution in [3.05, 3.63) is 53.1 Å². The number of hydrogen-bond donors (Lipinski definition) is 0. The maximum absolute atomic E-state index is 5.94. The van der Waals surface area contributed by atoms with E-state index in [1.165, 1.54) is 48.5 Å². The molecule has 106 valence electrons. The molecule has 0 bridgehead atoms. The highest BCUT2D eigenvalue weighted by Gasteiger charge is 2.10. The molecule has 4 heteroatoms. The highest BCUT2D eigenvalue weighted by Crippen LogP contribution is 2.26. The van der Waals surface area contributed by atoms with Gasteiger partial charge in [-0.25, -0.2) is 0 Å². The van der Waals surface area contributed by atoms with Crippen molar-refractivity contribution in [1.29, 1.82) is 0 Å². The second-order valence-electron chi connectivity index (χ2n) is 5.51. The van der Waals surface area contributed by atoms with Gasteiger partial charge in [-0.15, -0.1) is 0 Å². The summed E-state index contributed by atoms with van der Waals surface area (Å²) < 4.78 is 14.4. The van der Waals surface area contributed by atoms with Crippen molar-refractivity contribution in [1.82, 2.24) is 8.75 Å². The lowest BCUT2D eigenvalue weighted by Crippen LogP contribution is -2.03. The Labute approximate surface area is 127 Å². The Hall–Kier alpha value is -1.94. The molecule has 0 saturated carbocycles. The van der Waals surface area contributed by atoms with Gasteiger partial charge in [0, 0.05) is 0 Å². The second-order valence-corrected chi connectivity index (χ2v) is 6.04. The summed E-state index contributed by atoms with van der Waals surface area (Å²) in [4.78, 5) is 0. The van der Waals surface area contributed by atoms with E-state index in [1.807, 2.05) is 6.07 Å². The molecule has 21 heavy (non-hydrogen) atoms. The SMILES string of the molecule is c1cc2nsnc2cc1COc1ccc2c(c1)CCCC2. The van der Waals surface area contributed by atoms with Crippen molar-refractivity contribution in [2.24, 2.45) is 0 Å². The molecule has 2 aromatic carbocycles. The van der Waals surface area contributed by atoms with Gasteiger partial charge in [-0.05, 0) is 66.6 Å². The van der Waals surface area contributed by atoms with E-state index < -0.39 is 0 Å². The average molecular weight is 296 g/mol. The first-order valence-corrected chi connectivity index (χ1v) is 8.07. The van der Waals surface area contributed by atoms with Crippen LogP contribution in [0.4, 0.5) is 0 Å². The number of benzene rings is 2. The van der Waals surface area contributed by atoms with E-state index in [-0.39, 0.29) is 0 Å². The zero-order chi connectivity index (χ0) is 14.1. The van der Waals surface area contributed by atoms with Gasteiger partial charge in [0.2, 0.25) is 0 Å². The van der Waals surface area contributed by atoms with Crippen LogP contribution in [-0.2, 0) is 19.4 Å². The first-order valence-electron chi connectivity index (χ1n) is 7.34. The second kappa shape index (κ2) is 5.45. The monoisotopic (exact) mass is 296 g/mol. The van der Waals surface area contributed by atoms with E-state index in [4.69, 9.17) is 4.74 Å². The van der Waals surface area contributed by atoms with Gasteiger partial charge in [0.25, 0.3) is 0 Å². The molecule has 3 aromatic rings. The maximum atomic E-state index is 5.94. The smallest absolute Gasteiger partial charge is 0.120 e. The average Bonchev–Trinajstić information content (AvgIpc) is 3.00. The number of fused-ring (bicyclic) bond motifs is 2. The molecule has 0 spiro atoms. The number of aryl methyl sites for hydroxylation is 2. The molecule has 0 aliphatic heterocycles. The van der Waals surface area contributed by atoms with Crippen molar-refractivity contribution >= 4 is 22.8 Å². The van der Waals surface area contributed by atoms with Gasteiger partial charge < -0.3 is 4.74 Å². The molecular weight excluding hydrogens is 280 g/mol. The number of nitrogens with zero attached hydrogens (tertiary/aromatic N) is 2. The number of rotatable bonds is 3. The zero-order valence-electron chi connectivity index (χ0n) is 11.7. The summed E-state index contributed by atoms with van der Waals surface area (Å²) in [5.74, 6) is 0.965. The van der Waals surface area contributed by atoms with E-state index in [0.29, 0.717) is 6.61 Å². The van der Waals surface area contributed by atoms with Crippen LogP contribution in [0.3, 0.4) is 0 Å². The van der Waals surface area contributed by atoms with Crippen molar-refractivity contribution < 1.29 is 4.74 Å². The Morgan fingerprint density at radius 1 is 0.905 bits per heavy atom. The molecular formula is C17H16N2OS. The van der Waals surface area contributed by atoms with E-state index in [2.05, 4.69) is 39.1 Å². The van der Waals surface area contributed by atoms with E-state index >= 15 is 0 Å². The molecule has 1 aromatic heterocycles. The minimum Gasteiger partial charge on any atom is -0.489 e. The zero-order valence-corrected chi connectivity index (χ0v) is 12.5. The molecule has 4 rings (SSSR count). The van der Waals surface area contributed by atoms with Crippen molar-refractivity contribution in [3.8, 4) is 5.75 Å². The summed E-state index contributed by atoms with van der Waals surface area (Å²) >= 11 is 1.25.